The van der Waals surface area contributed by atoms with Crippen LogP contribution in [-0.2, 0) is 14.0 Å². The van der Waals surface area contributed by atoms with Gasteiger partial charge in [0.2, 0.25) is 6.29 Å². The van der Waals surface area contributed by atoms with Gasteiger partial charge >= 0.3 is 5.97 Å². The lowest BCUT2D eigenvalue weighted by Gasteiger charge is -2.45. The van der Waals surface area contributed by atoms with Gasteiger partial charge in [0.05, 0.1) is 12.0 Å². The van der Waals surface area contributed by atoms with Crippen LogP contribution in [0.3, 0.4) is 0 Å². The molecule has 5 heteroatoms. The number of esters is 1. The van der Waals surface area contributed by atoms with Crippen LogP contribution in [-0.4, -0.2) is 31.8 Å². The third kappa shape index (κ3) is 3.48. The second kappa shape index (κ2) is 7.56. The Morgan fingerprint density at radius 1 is 0.966 bits per heavy atom. The first kappa shape index (κ1) is 20.1. The molecule has 4 rings (SSSR count). The quantitative estimate of drug-likeness (QED) is 0.480. The first-order chi connectivity index (χ1) is 13.8. The van der Waals surface area contributed by atoms with E-state index in [-0.39, 0.29) is 28.9 Å². The van der Waals surface area contributed by atoms with Crippen LogP contribution in [0.25, 0.3) is 0 Å². The fourth-order valence-corrected chi connectivity index (χ4v) is 9.36. The molecule has 2 aromatic carbocycles. The largest absolute Gasteiger partial charge is 0.435 e. The van der Waals surface area contributed by atoms with Crippen molar-refractivity contribution in [2.75, 3.05) is 0 Å². The summed E-state index contributed by atoms with van der Waals surface area (Å²) in [6.07, 6.45) is 3.17. The molecule has 4 nitrogen and oxygen atoms in total. The number of hydrogen-bond acceptors (Lipinski definition) is 4. The summed E-state index contributed by atoms with van der Waals surface area (Å²) in [5.74, 6) is -0.970. The highest BCUT2D eigenvalue weighted by atomic mass is 28.4. The van der Waals surface area contributed by atoms with Crippen molar-refractivity contribution in [2.45, 2.75) is 44.6 Å². The van der Waals surface area contributed by atoms with Gasteiger partial charge in [-0.1, -0.05) is 93.6 Å². The number of rotatable bonds is 4. The maximum atomic E-state index is 11.9. The number of cyclic esters (lactones) is 1. The van der Waals surface area contributed by atoms with Gasteiger partial charge in [0.25, 0.3) is 8.32 Å². The molecule has 1 aliphatic heterocycles. The van der Waals surface area contributed by atoms with Crippen molar-refractivity contribution in [1.82, 2.24) is 0 Å². The van der Waals surface area contributed by atoms with Gasteiger partial charge in [0.15, 0.2) is 0 Å². The number of carbonyl (C=O) groups excluding carboxylic acids is 1. The number of fused-ring (bicyclic) bond motifs is 1. The van der Waals surface area contributed by atoms with Crippen LogP contribution in [0.5, 0.6) is 0 Å². The summed E-state index contributed by atoms with van der Waals surface area (Å²) in [6.45, 7) is 6.73. The van der Waals surface area contributed by atoms with Gasteiger partial charge in [-0.15, -0.1) is 0 Å². The van der Waals surface area contributed by atoms with Crippen molar-refractivity contribution in [3.8, 4) is 0 Å². The third-order valence-corrected chi connectivity index (χ3v) is 11.2. The second-order valence-electron chi connectivity index (χ2n) is 8.96. The maximum Gasteiger partial charge on any atom is 0.315 e. The molecule has 0 bridgehead atoms. The predicted molar refractivity (Wildman–Crippen MR) is 115 cm³/mol. The molecule has 0 unspecified atom stereocenters. The van der Waals surface area contributed by atoms with Crippen LogP contribution < -0.4 is 10.4 Å². The Balaban J connectivity index is 1.79. The summed E-state index contributed by atoms with van der Waals surface area (Å²) in [4.78, 5) is 11.9. The normalized spacial score (nSPS) is 26.8. The minimum Gasteiger partial charge on any atom is -0.435 e. The molecule has 29 heavy (non-hydrogen) atoms. The molecule has 0 amide bonds. The maximum absolute atomic E-state index is 11.9. The lowest BCUT2D eigenvalue weighted by atomic mass is 9.84. The Bertz CT molecular complexity index is 849. The van der Waals surface area contributed by atoms with E-state index in [0.717, 1.165) is 0 Å². The Labute approximate surface area is 173 Å². The zero-order valence-electron chi connectivity index (χ0n) is 17.1. The number of aliphatic hydroxyl groups is 1. The summed E-state index contributed by atoms with van der Waals surface area (Å²) >= 11 is 0. The highest BCUT2D eigenvalue weighted by Crippen LogP contribution is 2.41. The molecule has 1 heterocycles. The molecule has 4 atom stereocenters. The molecule has 1 saturated heterocycles. The van der Waals surface area contributed by atoms with Gasteiger partial charge < -0.3 is 14.3 Å². The number of aliphatic hydroxyl groups excluding tert-OH is 1. The van der Waals surface area contributed by atoms with E-state index in [4.69, 9.17) is 9.16 Å². The van der Waals surface area contributed by atoms with Crippen LogP contribution in [0.4, 0.5) is 0 Å². The molecule has 0 spiro atoms. The lowest BCUT2D eigenvalue weighted by Crippen LogP contribution is -2.67. The van der Waals surface area contributed by atoms with Gasteiger partial charge in [-0.25, -0.2) is 0 Å². The molecule has 0 aromatic heterocycles. The van der Waals surface area contributed by atoms with E-state index in [0.29, 0.717) is 6.42 Å². The van der Waals surface area contributed by atoms with Gasteiger partial charge in [-0.2, -0.15) is 0 Å². The topological polar surface area (TPSA) is 55.8 Å². The van der Waals surface area contributed by atoms with E-state index < -0.39 is 14.6 Å². The molecular formula is C24H28O4Si. The molecule has 0 saturated carbocycles. The molecule has 0 radical (unpaired) electrons. The van der Waals surface area contributed by atoms with Crippen molar-refractivity contribution in [3.63, 3.8) is 0 Å². The van der Waals surface area contributed by atoms with E-state index in [1.54, 1.807) is 0 Å². The van der Waals surface area contributed by atoms with E-state index in [9.17, 15) is 9.90 Å². The fourth-order valence-electron chi connectivity index (χ4n) is 4.72. The van der Waals surface area contributed by atoms with Gasteiger partial charge in [0, 0.05) is 5.92 Å². The van der Waals surface area contributed by atoms with Gasteiger partial charge in [-0.3, -0.25) is 4.79 Å². The van der Waals surface area contributed by atoms with E-state index in [1.807, 2.05) is 24.3 Å². The second-order valence-corrected chi connectivity index (χ2v) is 13.2. The first-order valence-corrected chi connectivity index (χ1v) is 12.1. The zero-order valence-corrected chi connectivity index (χ0v) is 18.1. The molecule has 2 aliphatic rings. The smallest absolute Gasteiger partial charge is 0.315 e. The Kier molecular flexibility index (Phi) is 5.23. The van der Waals surface area contributed by atoms with Crippen LogP contribution >= 0.6 is 0 Å². The van der Waals surface area contributed by atoms with E-state index >= 15 is 0 Å². The highest BCUT2D eigenvalue weighted by Gasteiger charge is 2.53. The van der Waals surface area contributed by atoms with Crippen molar-refractivity contribution in [1.29, 1.82) is 0 Å². The number of benzene rings is 2. The third-order valence-electron chi connectivity index (χ3n) is 6.12. The SMILES string of the molecule is CC(C)(C)[Si](O[C@H]1C=C[C@@H]2C(=O)O[C@H](O)[C@@H]2C1)(c1ccccc1)c1ccccc1. The molecule has 152 valence electrons. The van der Waals surface area contributed by atoms with Crippen molar-refractivity contribution in [2.24, 2.45) is 11.8 Å². The van der Waals surface area contributed by atoms with Crippen LogP contribution in [0, 0.1) is 11.8 Å². The van der Waals surface area contributed by atoms with E-state index in [1.165, 1.54) is 10.4 Å². The van der Waals surface area contributed by atoms with Crippen LogP contribution in [0.2, 0.25) is 5.04 Å². The number of hydrogen-bond donors (Lipinski definition) is 1. The summed E-state index contributed by atoms with van der Waals surface area (Å²) in [6, 6.07) is 21.0. The summed E-state index contributed by atoms with van der Waals surface area (Å²) < 4.78 is 12.1. The zero-order chi connectivity index (χ0) is 20.6. The summed E-state index contributed by atoms with van der Waals surface area (Å²) in [5.41, 5.74) is 0. The fraction of sp³-hybridized carbons (Fsp3) is 0.375. The van der Waals surface area contributed by atoms with Gasteiger partial charge in [0.1, 0.15) is 0 Å². The average molecular weight is 409 g/mol. The summed E-state index contributed by atoms with van der Waals surface area (Å²) in [7, 11) is -2.68. The lowest BCUT2D eigenvalue weighted by molar-refractivity contribution is -0.156. The number of ether oxygens (including phenoxy) is 1. The van der Waals surface area contributed by atoms with Crippen LogP contribution in [0.1, 0.15) is 27.2 Å². The molecule has 1 fully saturated rings. The van der Waals surface area contributed by atoms with Gasteiger partial charge in [-0.05, 0) is 21.8 Å². The summed E-state index contributed by atoms with van der Waals surface area (Å²) in [5, 5.41) is 12.5. The van der Waals surface area contributed by atoms with Crippen molar-refractivity contribution in [3.05, 3.63) is 72.8 Å². The number of carbonyl (C=O) groups is 1. The Hall–Kier alpha value is -2.21. The predicted octanol–water partition coefficient (Wildman–Crippen LogP) is 3.00. The molecule has 1 aliphatic carbocycles. The minimum atomic E-state index is -2.68. The Morgan fingerprint density at radius 2 is 1.52 bits per heavy atom. The molecular weight excluding hydrogens is 380 g/mol. The highest BCUT2D eigenvalue weighted by molar-refractivity contribution is 6.99. The first-order valence-electron chi connectivity index (χ1n) is 10.2. The monoisotopic (exact) mass is 408 g/mol. The molecule has 2 aromatic rings. The standard InChI is InChI=1S/C24H28O4Si/c1-24(2,3)29(18-10-6-4-7-11-18,19-12-8-5-9-13-19)28-17-14-15-20-21(16-17)23(26)27-22(20)25/h4-15,17,20-21,23,26H,16H2,1-3H3/t17-,20-,21+,23-/m0/s1. The Morgan fingerprint density at radius 3 is 2.03 bits per heavy atom. The van der Waals surface area contributed by atoms with Crippen molar-refractivity contribution < 1.29 is 19.1 Å². The average Bonchev–Trinajstić information content (AvgIpc) is 3.00. The molecule has 1 N–H and O–H groups in total. The minimum absolute atomic E-state index is 0.124. The van der Waals surface area contributed by atoms with Crippen molar-refractivity contribution >= 4 is 24.7 Å². The van der Waals surface area contributed by atoms with E-state index in [2.05, 4.69) is 69.3 Å². The van der Waals surface area contributed by atoms with Crippen LogP contribution in [0.15, 0.2) is 72.8 Å².